The molecule has 0 unspecified atom stereocenters. The molecule has 2 amide bonds. The fourth-order valence-corrected chi connectivity index (χ4v) is 0.602. The third-order valence-corrected chi connectivity index (χ3v) is 1.10. The zero-order valence-electron chi connectivity index (χ0n) is 7.25. The molecule has 0 aliphatic carbocycles. The quantitative estimate of drug-likeness (QED) is 0.606. The van der Waals surface area contributed by atoms with Crippen LogP contribution in [0.5, 0.6) is 0 Å². The topological polar surface area (TPSA) is 76.7 Å². The van der Waals surface area contributed by atoms with Gasteiger partial charge in [-0.3, -0.25) is 10.6 Å². The van der Waals surface area contributed by atoms with Gasteiger partial charge in [0.2, 0.25) is 0 Å². The molecule has 0 saturated carbocycles. The van der Waals surface area contributed by atoms with Crippen LogP contribution in [0.15, 0.2) is 0 Å². The summed E-state index contributed by atoms with van der Waals surface area (Å²) in [4.78, 5) is 21.3. The lowest BCUT2D eigenvalue weighted by Crippen LogP contribution is -2.42. The predicted octanol–water partition coefficient (Wildman–Crippen LogP) is 0.373. The summed E-state index contributed by atoms with van der Waals surface area (Å²) in [6, 6.07) is 0. The molecule has 13 heavy (non-hydrogen) atoms. The van der Waals surface area contributed by atoms with Crippen LogP contribution in [0.3, 0.4) is 0 Å². The van der Waals surface area contributed by atoms with E-state index >= 15 is 0 Å². The molecule has 0 bridgehead atoms. The van der Waals surface area contributed by atoms with E-state index in [0.717, 1.165) is 0 Å². The Labute approximate surface area is 80.6 Å². The van der Waals surface area contributed by atoms with Gasteiger partial charge in [0.1, 0.15) is 0 Å². The first-order chi connectivity index (χ1) is 6.10. The number of thiocarbonyl (C=S) groups is 1. The van der Waals surface area contributed by atoms with Gasteiger partial charge in [0.15, 0.2) is 5.11 Å². The van der Waals surface area contributed by atoms with Crippen molar-refractivity contribution in [1.82, 2.24) is 10.6 Å². The zero-order chi connectivity index (χ0) is 10.3. The molecule has 7 heteroatoms. The van der Waals surface area contributed by atoms with Crippen LogP contribution >= 0.6 is 12.2 Å². The molecule has 6 nitrogen and oxygen atoms in total. The number of ether oxygens (including phenoxy) is 2. The molecule has 0 aromatic heterocycles. The van der Waals surface area contributed by atoms with Crippen molar-refractivity contribution >= 4 is 29.5 Å². The average molecular weight is 206 g/mol. The van der Waals surface area contributed by atoms with Gasteiger partial charge < -0.3 is 9.47 Å². The predicted molar refractivity (Wildman–Crippen MR) is 48.3 cm³/mol. The van der Waals surface area contributed by atoms with Crippen molar-refractivity contribution in [2.75, 3.05) is 13.7 Å². The highest BCUT2D eigenvalue weighted by Crippen LogP contribution is 1.78. The molecule has 0 aliphatic heterocycles. The maximum absolute atomic E-state index is 10.7. The summed E-state index contributed by atoms with van der Waals surface area (Å²) in [5.74, 6) is 0. The summed E-state index contributed by atoms with van der Waals surface area (Å²) >= 11 is 4.56. The highest BCUT2D eigenvalue weighted by Gasteiger charge is 2.07. The summed E-state index contributed by atoms with van der Waals surface area (Å²) in [7, 11) is 1.18. The number of alkyl carbamates (subject to hydrolysis) is 2. The number of hydrogen-bond acceptors (Lipinski definition) is 5. The molecular weight excluding hydrogens is 196 g/mol. The molecule has 0 spiro atoms. The van der Waals surface area contributed by atoms with E-state index in [1.165, 1.54) is 7.11 Å². The molecule has 0 aromatic carbocycles. The zero-order valence-corrected chi connectivity index (χ0v) is 8.06. The Morgan fingerprint density at radius 3 is 2.31 bits per heavy atom. The van der Waals surface area contributed by atoms with Crippen LogP contribution in [0.25, 0.3) is 0 Å². The van der Waals surface area contributed by atoms with E-state index in [-0.39, 0.29) is 11.7 Å². The maximum Gasteiger partial charge on any atom is 0.413 e. The molecule has 0 radical (unpaired) electrons. The highest BCUT2D eigenvalue weighted by molar-refractivity contribution is 7.80. The van der Waals surface area contributed by atoms with Crippen molar-refractivity contribution in [1.29, 1.82) is 0 Å². The van der Waals surface area contributed by atoms with Crippen molar-refractivity contribution in [3.8, 4) is 0 Å². The summed E-state index contributed by atoms with van der Waals surface area (Å²) in [5, 5.41) is 4.02. The fourth-order valence-electron chi connectivity index (χ4n) is 0.435. The number of methoxy groups -OCH3 is 1. The van der Waals surface area contributed by atoms with Gasteiger partial charge in [-0.15, -0.1) is 0 Å². The third kappa shape index (κ3) is 5.85. The van der Waals surface area contributed by atoms with E-state index in [1.807, 2.05) is 0 Å². The second-order valence-electron chi connectivity index (χ2n) is 1.79. The molecular formula is C6H10N2O4S. The molecule has 0 atom stereocenters. The Bertz CT molecular complexity index is 219. The molecule has 0 aromatic rings. The molecule has 0 heterocycles. The number of carbonyl (C=O) groups is 2. The average Bonchev–Trinajstić information content (AvgIpc) is 2.04. The molecule has 0 fully saturated rings. The standard InChI is InChI=1S/C6H10N2O4S/c1-3-12-6(10)8-4(13)7-5(9)11-2/h3H2,1-2H3,(H2,7,8,9,10,13). The lowest BCUT2D eigenvalue weighted by Gasteiger charge is -2.06. The van der Waals surface area contributed by atoms with E-state index in [9.17, 15) is 9.59 Å². The van der Waals surface area contributed by atoms with Crippen molar-refractivity contribution in [2.45, 2.75) is 6.92 Å². The lowest BCUT2D eigenvalue weighted by molar-refractivity contribution is 0.157. The van der Waals surface area contributed by atoms with Gasteiger partial charge in [-0.2, -0.15) is 0 Å². The minimum absolute atomic E-state index is 0.162. The van der Waals surface area contributed by atoms with Gasteiger partial charge in [0, 0.05) is 0 Å². The van der Waals surface area contributed by atoms with Crippen LogP contribution in [-0.2, 0) is 9.47 Å². The summed E-state index contributed by atoms with van der Waals surface area (Å²) < 4.78 is 8.73. The van der Waals surface area contributed by atoms with Crippen LogP contribution in [-0.4, -0.2) is 31.0 Å². The van der Waals surface area contributed by atoms with Crippen molar-refractivity contribution < 1.29 is 19.1 Å². The van der Waals surface area contributed by atoms with Gasteiger partial charge in [-0.25, -0.2) is 9.59 Å². The first-order valence-corrected chi connectivity index (χ1v) is 3.83. The molecule has 0 saturated heterocycles. The van der Waals surface area contributed by atoms with Crippen LogP contribution in [0.1, 0.15) is 6.92 Å². The molecule has 0 rings (SSSR count). The minimum atomic E-state index is -0.748. The van der Waals surface area contributed by atoms with Gasteiger partial charge in [0.05, 0.1) is 13.7 Å². The van der Waals surface area contributed by atoms with E-state index in [0.29, 0.717) is 0 Å². The number of amides is 2. The molecule has 0 aliphatic rings. The highest BCUT2D eigenvalue weighted by atomic mass is 32.1. The van der Waals surface area contributed by atoms with Crippen molar-refractivity contribution in [3.63, 3.8) is 0 Å². The van der Waals surface area contributed by atoms with Crippen LogP contribution in [0.4, 0.5) is 9.59 Å². The minimum Gasteiger partial charge on any atom is -0.453 e. The largest absolute Gasteiger partial charge is 0.453 e. The first kappa shape index (κ1) is 11.6. The summed E-state index contributed by atoms with van der Waals surface area (Å²) in [6.45, 7) is 1.88. The molecule has 2 N–H and O–H groups in total. The van der Waals surface area contributed by atoms with Gasteiger partial charge in [0.25, 0.3) is 0 Å². The molecule has 74 valence electrons. The lowest BCUT2D eigenvalue weighted by atomic mass is 10.8. The Morgan fingerprint density at radius 1 is 1.31 bits per heavy atom. The van der Waals surface area contributed by atoms with E-state index in [4.69, 9.17) is 0 Å². The number of hydrogen-bond donors (Lipinski definition) is 2. The number of carbonyl (C=O) groups excluding carboxylic acids is 2. The van der Waals surface area contributed by atoms with Crippen molar-refractivity contribution in [2.24, 2.45) is 0 Å². The van der Waals surface area contributed by atoms with Gasteiger partial charge >= 0.3 is 12.2 Å². The van der Waals surface area contributed by atoms with E-state index in [1.54, 1.807) is 6.92 Å². The van der Waals surface area contributed by atoms with Crippen LogP contribution in [0.2, 0.25) is 0 Å². The normalized spacial score (nSPS) is 8.46. The van der Waals surface area contributed by atoms with E-state index < -0.39 is 12.2 Å². The summed E-state index contributed by atoms with van der Waals surface area (Å²) in [6.07, 6.45) is -1.47. The Balaban J connectivity index is 3.74. The third-order valence-electron chi connectivity index (χ3n) is 0.892. The maximum atomic E-state index is 10.7. The first-order valence-electron chi connectivity index (χ1n) is 3.42. The van der Waals surface area contributed by atoms with Gasteiger partial charge in [-0.1, -0.05) is 0 Å². The number of rotatable bonds is 1. The van der Waals surface area contributed by atoms with E-state index in [2.05, 4.69) is 32.3 Å². The van der Waals surface area contributed by atoms with Crippen LogP contribution in [0, 0.1) is 0 Å². The monoisotopic (exact) mass is 206 g/mol. The van der Waals surface area contributed by atoms with Crippen molar-refractivity contribution in [3.05, 3.63) is 0 Å². The number of nitrogens with one attached hydrogen (secondary N) is 2. The smallest absolute Gasteiger partial charge is 0.413 e. The van der Waals surface area contributed by atoms with Crippen LogP contribution < -0.4 is 10.6 Å². The Morgan fingerprint density at radius 2 is 1.85 bits per heavy atom. The summed E-state index contributed by atoms with van der Waals surface area (Å²) in [5.41, 5.74) is 0. The second-order valence-corrected chi connectivity index (χ2v) is 2.20. The van der Waals surface area contributed by atoms with Gasteiger partial charge in [-0.05, 0) is 19.1 Å². The Kier molecular flexibility index (Phi) is 5.53. The SMILES string of the molecule is CCOC(=O)NC(=S)NC(=O)OC. The Hall–Kier alpha value is -1.37. The fraction of sp³-hybridized carbons (Fsp3) is 0.500. The second kappa shape index (κ2) is 6.18.